The fraction of sp³-hybridized carbons (Fsp3) is 0.875. The highest BCUT2D eigenvalue weighted by atomic mass is 16.1. The molecule has 0 amide bonds. The summed E-state index contributed by atoms with van der Waals surface area (Å²) >= 11 is 0. The molecule has 0 radical (unpaired) electrons. The number of rotatable bonds is 5. The van der Waals surface area contributed by atoms with Gasteiger partial charge in [-0.05, 0) is 12.5 Å². The number of carbonyl (C=O) groups is 1. The zero-order valence-electron chi connectivity index (χ0n) is 7.11. The van der Waals surface area contributed by atoms with Crippen LogP contribution < -0.4 is 5.32 Å². The van der Waals surface area contributed by atoms with Gasteiger partial charge < -0.3 is 5.32 Å². The number of carbonyl (C=O) groups excluding carboxylic acids is 1. The minimum atomic E-state index is 0.317. The Kier molecular flexibility index (Phi) is 5.22. The van der Waals surface area contributed by atoms with Crippen molar-refractivity contribution in [1.82, 2.24) is 5.32 Å². The second-order valence-corrected chi connectivity index (χ2v) is 2.92. The smallest absolute Gasteiger partial charge is 0.146 e. The van der Waals surface area contributed by atoms with Crippen LogP contribution in [0.25, 0.3) is 0 Å². The topological polar surface area (TPSA) is 29.1 Å². The van der Waals surface area contributed by atoms with Crippen molar-refractivity contribution in [2.45, 2.75) is 27.2 Å². The van der Waals surface area contributed by atoms with Crippen molar-refractivity contribution < 1.29 is 4.79 Å². The highest BCUT2D eigenvalue weighted by molar-refractivity contribution is 5.80. The summed E-state index contributed by atoms with van der Waals surface area (Å²) in [5.41, 5.74) is 0. The first-order valence-corrected chi connectivity index (χ1v) is 3.89. The molecule has 0 rings (SSSR count). The Morgan fingerprint density at radius 2 is 2.10 bits per heavy atom. The summed E-state index contributed by atoms with van der Waals surface area (Å²) in [4.78, 5) is 10.9. The Morgan fingerprint density at radius 1 is 1.50 bits per heavy atom. The van der Waals surface area contributed by atoms with Crippen LogP contribution >= 0.6 is 0 Å². The van der Waals surface area contributed by atoms with Gasteiger partial charge in [-0.1, -0.05) is 20.8 Å². The number of likely N-dealkylation sites (N-methyl/N-ethyl adjacent to an activating group) is 1. The van der Waals surface area contributed by atoms with E-state index in [0.29, 0.717) is 24.7 Å². The van der Waals surface area contributed by atoms with Crippen molar-refractivity contribution in [2.24, 2.45) is 5.92 Å². The molecule has 1 N–H and O–H groups in total. The van der Waals surface area contributed by atoms with Crippen LogP contribution in [0.4, 0.5) is 0 Å². The first-order chi connectivity index (χ1) is 4.66. The molecule has 0 spiro atoms. The number of hydrogen-bond donors (Lipinski definition) is 1. The third-order valence-corrected chi connectivity index (χ3v) is 1.21. The molecule has 10 heavy (non-hydrogen) atoms. The Balaban J connectivity index is 3.26. The Hall–Kier alpha value is -0.370. The molecule has 0 unspecified atom stereocenters. The molecular formula is C8H17NO. The third-order valence-electron chi connectivity index (χ3n) is 1.21. The molecule has 0 aliphatic carbocycles. The van der Waals surface area contributed by atoms with Gasteiger partial charge in [-0.15, -0.1) is 0 Å². The van der Waals surface area contributed by atoms with E-state index in [4.69, 9.17) is 0 Å². The molecule has 0 fully saturated rings. The molecule has 0 aromatic carbocycles. The fourth-order valence-corrected chi connectivity index (χ4v) is 0.792. The van der Waals surface area contributed by atoms with Gasteiger partial charge in [-0.2, -0.15) is 0 Å². The zero-order valence-corrected chi connectivity index (χ0v) is 7.11. The molecule has 2 heteroatoms. The molecule has 0 aliphatic heterocycles. The van der Waals surface area contributed by atoms with Gasteiger partial charge in [-0.25, -0.2) is 0 Å². The maximum Gasteiger partial charge on any atom is 0.146 e. The zero-order chi connectivity index (χ0) is 7.98. The van der Waals surface area contributed by atoms with E-state index in [-0.39, 0.29) is 0 Å². The van der Waals surface area contributed by atoms with Crippen molar-refractivity contribution in [3.8, 4) is 0 Å². The van der Waals surface area contributed by atoms with Gasteiger partial charge in [0.25, 0.3) is 0 Å². The first kappa shape index (κ1) is 9.63. The van der Waals surface area contributed by atoms with Crippen LogP contribution in [0.5, 0.6) is 0 Å². The summed E-state index contributed by atoms with van der Waals surface area (Å²) in [5.74, 6) is 0.808. The average molecular weight is 143 g/mol. The van der Waals surface area contributed by atoms with Crippen LogP contribution in [0.1, 0.15) is 27.2 Å². The highest BCUT2D eigenvalue weighted by Gasteiger charge is 2.02. The normalized spacial score (nSPS) is 10.4. The average Bonchev–Trinajstić information content (AvgIpc) is 1.82. The summed E-state index contributed by atoms with van der Waals surface area (Å²) in [5, 5.41) is 3.00. The van der Waals surface area contributed by atoms with Crippen molar-refractivity contribution in [3.05, 3.63) is 0 Å². The van der Waals surface area contributed by atoms with Crippen molar-refractivity contribution in [3.63, 3.8) is 0 Å². The van der Waals surface area contributed by atoms with Gasteiger partial charge >= 0.3 is 0 Å². The molecule has 0 saturated carbocycles. The van der Waals surface area contributed by atoms with Crippen molar-refractivity contribution >= 4 is 5.78 Å². The van der Waals surface area contributed by atoms with Crippen molar-refractivity contribution in [2.75, 3.05) is 13.1 Å². The molecule has 0 saturated heterocycles. The number of Topliss-reactive ketones (excluding diaryl/α,β-unsaturated/α-hetero) is 1. The van der Waals surface area contributed by atoms with Crippen LogP contribution in [0, 0.1) is 5.92 Å². The molecule has 60 valence electrons. The van der Waals surface area contributed by atoms with E-state index in [0.717, 1.165) is 6.54 Å². The van der Waals surface area contributed by atoms with Gasteiger partial charge in [0.15, 0.2) is 0 Å². The molecule has 0 aromatic heterocycles. The maximum absolute atomic E-state index is 10.9. The van der Waals surface area contributed by atoms with Crippen molar-refractivity contribution in [1.29, 1.82) is 0 Å². The van der Waals surface area contributed by atoms with Crippen LogP contribution in [-0.4, -0.2) is 18.9 Å². The molecule has 0 aromatic rings. The summed E-state index contributed by atoms with van der Waals surface area (Å²) in [6.07, 6.45) is 0.701. The third kappa shape index (κ3) is 5.76. The van der Waals surface area contributed by atoms with Crippen LogP contribution in [0.15, 0.2) is 0 Å². The molecule has 0 aliphatic rings. The lowest BCUT2D eigenvalue weighted by Crippen LogP contribution is -2.23. The molecule has 0 heterocycles. The Morgan fingerprint density at radius 3 is 2.50 bits per heavy atom. The van der Waals surface area contributed by atoms with Gasteiger partial charge in [0.05, 0.1) is 6.54 Å². The van der Waals surface area contributed by atoms with E-state index in [9.17, 15) is 4.79 Å². The first-order valence-electron chi connectivity index (χ1n) is 3.89. The van der Waals surface area contributed by atoms with Gasteiger partial charge in [0, 0.05) is 6.42 Å². The Labute approximate surface area is 63.0 Å². The van der Waals surface area contributed by atoms with Gasteiger partial charge in [0.2, 0.25) is 0 Å². The largest absolute Gasteiger partial charge is 0.310 e. The molecule has 2 nitrogen and oxygen atoms in total. The van der Waals surface area contributed by atoms with E-state index in [1.54, 1.807) is 0 Å². The van der Waals surface area contributed by atoms with E-state index in [2.05, 4.69) is 19.2 Å². The lowest BCUT2D eigenvalue weighted by molar-refractivity contribution is -0.118. The van der Waals surface area contributed by atoms with Gasteiger partial charge in [0.1, 0.15) is 5.78 Å². The minimum Gasteiger partial charge on any atom is -0.310 e. The molecule has 0 bridgehead atoms. The molecular weight excluding hydrogens is 126 g/mol. The summed E-state index contributed by atoms with van der Waals surface area (Å²) < 4.78 is 0. The second kappa shape index (κ2) is 5.42. The standard InChI is InChI=1S/C8H17NO/c1-4-9-6-8(10)5-7(2)3/h7,9H,4-6H2,1-3H3. The van der Waals surface area contributed by atoms with Crippen LogP contribution in [0.2, 0.25) is 0 Å². The lowest BCUT2D eigenvalue weighted by Gasteiger charge is -2.02. The monoisotopic (exact) mass is 143 g/mol. The Bertz CT molecular complexity index is 99.4. The predicted octanol–water partition coefficient (Wildman–Crippen LogP) is 1.21. The number of ketones is 1. The second-order valence-electron chi connectivity index (χ2n) is 2.92. The quantitative estimate of drug-likeness (QED) is 0.626. The SMILES string of the molecule is CCNCC(=O)CC(C)C. The van der Waals surface area contributed by atoms with E-state index in [1.165, 1.54) is 0 Å². The lowest BCUT2D eigenvalue weighted by atomic mass is 10.1. The van der Waals surface area contributed by atoms with E-state index < -0.39 is 0 Å². The predicted molar refractivity (Wildman–Crippen MR) is 43.0 cm³/mol. The van der Waals surface area contributed by atoms with Crippen LogP contribution in [0.3, 0.4) is 0 Å². The number of nitrogens with one attached hydrogen (secondary N) is 1. The van der Waals surface area contributed by atoms with E-state index >= 15 is 0 Å². The number of hydrogen-bond acceptors (Lipinski definition) is 2. The van der Waals surface area contributed by atoms with E-state index in [1.807, 2.05) is 6.92 Å². The van der Waals surface area contributed by atoms with Crippen LogP contribution in [-0.2, 0) is 4.79 Å². The molecule has 0 atom stereocenters. The highest BCUT2D eigenvalue weighted by Crippen LogP contribution is 1.98. The minimum absolute atomic E-state index is 0.317. The fourth-order valence-electron chi connectivity index (χ4n) is 0.792. The van der Waals surface area contributed by atoms with Gasteiger partial charge in [-0.3, -0.25) is 4.79 Å². The maximum atomic E-state index is 10.9. The summed E-state index contributed by atoms with van der Waals surface area (Å²) in [6.45, 7) is 7.54. The summed E-state index contributed by atoms with van der Waals surface area (Å²) in [6, 6.07) is 0. The summed E-state index contributed by atoms with van der Waals surface area (Å²) in [7, 11) is 0.